The van der Waals surface area contributed by atoms with Crippen LogP contribution in [0.5, 0.6) is 0 Å². The first-order valence-corrected chi connectivity index (χ1v) is 16.4. The van der Waals surface area contributed by atoms with Crippen LogP contribution in [0.1, 0.15) is 54.4 Å². The summed E-state index contributed by atoms with van der Waals surface area (Å²) in [4.78, 5) is 50.3. The highest BCUT2D eigenvalue weighted by Gasteiger charge is 2.56. The second-order valence-electron chi connectivity index (χ2n) is 11.8. The number of Topliss-reactive ketones (excluding diaryl/α,β-unsaturated/α-hetero) is 1. The number of ketones is 1. The molecule has 3 aliphatic heterocycles. The fourth-order valence-electron chi connectivity index (χ4n) is 6.75. The molecular weight excluding hydrogens is 600 g/mol. The smallest absolute Gasteiger partial charge is 0.317 e. The zero-order chi connectivity index (χ0) is 31.6. The number of likely N-dealkylation sites (tertiary alicyclic amines) is 1. The number of rotatable bonds is 9. The Bertz CT molecular complexity index is 1470. The number of fused-ring (bicyclic) bond motifs is 1. The third-order valence-electron chi connectivity index (χ3n) is 9.23. The normalized spacial score (nSPS) is 21.0. The number of nitrogens with one attached hydrogen (secondary N) is 1. The molecule has 12 nitrogen and oxygen atoms in total. The van der Waals surface area contributed by atoms with Gasteiger partial charge in [0.1, 0.15) is 28.5 Å². The molecule has 0 saturated carbocycles. The first-order valence-electron chi connectivity index (χ1n) is 15.6. The van der Waals surface area contributed by atoms with E-state index in [-0.39, 0.29) is 69.5 Å². The molecule has 2 N–H and O–H groups in total. The van der Waals surface area contributed by atoms with Crippen LogP contribution < -0.4 is 10.2 Å². The van der Waals surface area contributed by atoms with Crippen molar-refractivity contribution in [3.8, 4) is 10.8 Å². The number of oxazole rings is 1. The van der Waals surface area contributed by atoms with E-state index in [0.29, 0.717) is 34.5 Å². The molecule has 2 saturated heterocycles. The quantitative estimate of drug-likeness (QED) is 0.391. The van der Waals surface area contributed by atoms with Crippen molar-refractivity contribution in [1.29, 1.82) is 0 Å². The monoisotopic (exact) mass is 640 g/mol. The molecule has 1 spiro atoms. The summed E-state index contributed by atoms with van der Waals surface area (Å²) in [6.07, 6.45) is 10.1. The van der Waals surface area contributed by atoms with E-state index in [4.69, 9.17) is 23.7 Å². The van der Waals surface area contributed by atoms with Crippen LogP contribution in [0, 0.1) is 12.3 Å². The maximum absolute atomic E-state index is 14.8. The average Bonchev–Trinajstić information content (AvgIpc) is 3.73. The van der Waals surface area contributed by atoms with Gasteiger partial charge < -0.3 is 34.0 Å². The summed E-state index contributed by atoms with van der Waals surface area (Å²) in [5, 5.41) is 12.4. The van der Waals surface area contributed by atoms with Gasteiger partial charge in [-0.3, -0.25) is 14.5 Å². The van der Waals surface area contributed by atoms with E-state index < -0.39 is 11.5 Å². The van der Waals surface area contributed by atoms with E-state index >= 15 is 0 Å². The molecule has 0 bridgehead atoms. The highest BCUT2D eigenvalue weighted by Crippen LogP contribution is 2.51. The summed E-state index contributed by atoms with van der Waals surface area (Å²) in [5.74, 6) is 0.716. The van der Waals surface area contributed by atoms with Gasteiger partial charge in [0.05, 0.1) is 43.0 Å². The van der Waals surface area contributed by atoms with Crippen LogP contribution in [0.25, 0.3) is 10.8 Å². The predicted molar refractivity (Wildman–Crippen MR) is 166 cm³/mol. The van der Waals surface area contributed by atoms with Gasteiger partial charge in [-0.15, -0.1) is 11.3 Å². The number of carbonyl (C=O) groups is 3. The number of hydrogen-bond donors (Lipinski definition) is 2. The van der Waals surface area contributed by atoms with E-state index in [1.807, 2.05) is 13.0 Å². The van der Waals surface area contributed by atoms with Crippen LogP contribution in [-0.2, 0) is 19.0 Å². The fraction of sp³-hybridized carbons (Fsp3) is 0.562. The molecule has 0 aromatic carbocycles. The number of nitrogens with zero attached hydrogens (tertiary/aromatic N) is 3. The van der Waals surface area contributed by atoms with Gasteiger partial charge in [-0.2, -0.15) is 0 Å². The highest BCUT2D eigenvalue weighted by molar-refractivity contribution is 7.20. The molecule has 0 radical (unpaired) electrons. The van der Waals surface area contributed by atoms with Crippen molar-refractivity contribution in [1.82, 2.24) is 15.2 Å². The number of piperidine rings is 1. The number of methoxy groups -OCH3 is 1. The highest BCUT2D eigenvalue weighted by atomic mass is 32.1. The Kier molecular flexibility index (Phi) is 9.41. The van der Waals surface area contributed by atoms with Crippen LogP contribution in [0.2, 0.25) is 0 Å². The Morgan fingerprint density at radius 2 is 2.04 bits per heavy atom. The molecule has 4 aliphatic rings. The topological polar surface area (TPSA) is 144 Å². The van der Waals surface area contributed by atoms with E-state index in [1.165, 1.54) is 17.6 Å². The van der Waals surface area contributed by atoms with E-state index in [9.17, 15) is 14.4 Å². The van der Waals surface area contributed by atoms with Crippen molar-refractivity contribution in [3.63, 3.8) is 0 Å². The molecule has 45 heavy (non-hydrogen) atoms. The van der Waals surface area contributed by atoms with E-state index in [0.717, 1.165) is 42.6 Å². The second-order valence-corrected chi connectivity index (χ2v) is 12.8. The lowest BCUT2D eigenvalue weighted by Gasteiger charge is -2.45. The number of amides is 3. The molecule has 242 valence electrons. The number of aliphatic hydroxyl groups is 1. The predicted octanol–water partition coefficient (Wildman–Crippen LogP) is 3.84. The Hall–Kier alpha value is -3.52. The summed E-state index contributed by atoms with van der Waals surface area (Å²) in [6.45, 7) is 3.72. The molecule has 6 rings (SSSR count). The molecule has 2 aromatic rings. The van der Waals surface area contributed by atoms with Crippen LogP contribution in [0.4, 0.5) is 9.80 Å². The third-order valence-corrected chi connectivity index (χ3v) is 10.5. The van der Waals surface area contributed by atoms with Gasteiger partial charge in [0.25, 0.3) is 0 Å². The van der Waals surface area contributed by atoms with Gasteiger partial charge in [0.15, 0.2) is 5.78 Å². The summed E-state index contributed by atoms with van der Waals surface area (Å²) in [7, 11) is 1.66. The number of carbonyl (C=O) groups excluding carboxylic acids is 3. The van der Waals surface area contributed by atoms with Crippen molar-refractivity contribution >= 4 is 34.1 Å². The lowest BCUT2D eigenvalue weighted by molar-refractivity contribution is -0.129. The SMILES string of the molecule is COC1=C([C@H](CN2C(=O)C3(CCN(C(=O)NCCO)CC3)C(=O)c3c2sc(-c2ncco2)c3C)OC2CCOCC2)C=CCC1. The summed E-state index contributed by atoms with van der Waals surface area (Å²) < 4.78 is 23.8. The number of aliphatic hydroxyl groups excluding tert-OH is 1. The summed E-state index contributed by atoms with van der Waals surface area (Å²) in [5.41, 5.74) is 0.784. The minimum atomic E-state index is -1.33. The van der Waals surface area contributed by atoms with Gasteiger partial charge in [-0.05, 0) is 44.6 Å². The first-order chi connectivity index (χ1) is 21.9. The largest absolute Gasteiger partial charge is 0.501 e. The maximum Gasteiger partial charge on any atom is 0.317 e. The number of hydrogen-bond acceptors (Lipinski definition) is 10. The van der Waals surface area contributed by atoms with Gasteiger partial charge in [-0.25, -0.2) is 9.78 Å². The van der Waals surface area contributed by atoms with Crippen molar-refractivity contribution in [3.05, 3.63) is 47.1 Å². The first kappa shape index (κ1) is 31.5. The Morgan fingerprint density at radius 1 is 1.27 bits per heavy atom. The lowest BCUT2D eigenvalue weighted by atomic mass is 9.69. The Labute approximate surface area is 266 Å². The van der Waals surface area contributed by atoms with Crippen LogP contribution in [0.3, 0.4) is 0 Å². The minimum absolute atomic E-state index is 0.0479. The third kappa shape index (κ3) is 5.94. The molecule has 3 amide bonds. The standard InChI is InChI=1S/C32H40N4O8S/c1-20-25-27(38)32(9-13-35(14-10-32)31(40)34-11-15-37)30(39)36(29(25)45-26(20)28-33-12-18-43-28)19-24(44-21-7-16-42-17-8-21)22-5-3-4-6-23(22)41-2/h3,5,12,18,21,24,37H,4,6-11,13-17,19H2,1-2H3,(H,34,40)/t24-/m0/s1. The Balaban J connectivity index is 1.39. The van der Waals surface area contributed by atoms with Gasteiger partial charge >= 0.3 is 6.03 Å². The number of ether oxygens (including phenoxy) is 3. The van der Waals surface area contributed by atoms with Crippen molar-refractivity contribution in [2.24, 2.45) is 5.41 Å². The summed E-state index contributed by atoms with van der Waals surface area (Å²) in [6, 6.07) is -0.321. The zero-order valence-electron chi connectivity index (χ0n) is 25.7. The number of allylic oxidation sites excluding steroid dienone is 2. The van der Waals surface area contributed by atoms with Crippen LogP contribution in [-0.4, -0.2) is 98.0 Å². The molecule has 1 aliphatic carbocycles. The summed E-state index contributed by atoms with van der Waals surface area (Å²) >= 11 is 1.33. The average molecular weight is 641 g/mol. The van der Waals surface area contributed by atoms with Gasteiger partial charge in [0, 0.05) is 44.8 Å². The Morgan fingerprint density at radius 3 is 2.73 bits per heavy atom. The number of anilines is 1. The fourth-order valence-corrected chi connectivity index (χ4v) is 8.00. The van der Waals surface area contributed by atoms with Crippen molar-refractivity contribution in [2.45, 2.75) is 57.7 Å². The van der Waals surface area contributed by atoms with Crippen LogP contribution in [0.15, 0.2) is 40.4 Å². The second kappa shape index (κ2) is 13.5. The maximum atomic E-state index is 14.8. The minimum Gasteiger partial charge on any atom is -0.501 e. The lowest BCUT2D eigenvalue weighted by Crippen LogP contribution is -2.59. The van der Waals surface area contributed by atoms with Gasteiger partial charge in [0.2, 0.25) is 11.8 Å². The number of urea groups is 1. The molecule has 13 heteroatoms. The van der Waals surface area contributed by atoms with Gasteiger partial charge in [-0.1, -0.05) is 12.2 Å². The number of thiophene rings is 1. The van der Waals surface area contributed by atoms with Crippen molar-refractivity contribution in [2.75, 3.05) is 58.0 Å². The van der Waals surface area contributed by atoms with Crippen LogP contribution >= 0.6 is 11.3 Å². The molecular formula is C32H40N4O8S. The zero-order valence-corrected chi connectivity index (χ0v) is 26.5. The molecule has 2 aromatic heterocycles. The molecule has 1 atom stereocenters. The van der Waals surface area contributed by atoms with E-state index in [2.05, 4.69) is 16.4 Å². The number of aromatic nitrogens is 1. The molecule has 2 fully saturated rings. The molecule has 5 heterocycles. The molecule has 0 unspecified atom stereocenters. The van der Waals surface area contributed by atoms with Crippen molar-refractivity contribution < 1.29 is 38.1 Å². The van der Waals surface area contributed by atoms with E-state index in [1.54, 1.807) is 23.1 Å².